The summed E-state index contributed by atoms with van der Waals surface area (Å²) in [6.07, 6.45) is 0.295. The maximum atomic E-state index is 12.5. The van der Waals surface area contributed by atoms with Gasteiger partial charge in [0, 0.05) is 240 Å². The lowest BCUT2D eigenvalue weighted by molar-refractivity contribution is 0.287. The molecule has 63 heavy (non-hydrogen) atoms. The van der Waals surface area contributed by atoms with Gasteiger partial charge in [0.2, 0.25) is 0 Å². The minimum atomic E-state index is -3.22. The molecule has 35 heteroatoms. The second-order valence-electron chi connectivity index (χ2n) is 16.2. The van der Waals surface area contributed by atoms with Crippen molar-refractivity contribution in [3.8, 4) is 0 Å². The van der Waals surface area contributed by atoms with Crippen LogP contribution in [-0.4, -0.2) is 217 Å². The molecule has 0 saturated carbocycles. The smallest absolute Gasteiger partial charge is 0.360 e. The van der Waals surface area contributed by atoms with Crippen molar-refractivity contribution in [2.45, 2.75) is 25.9 Å². The first-order valence-electron chi connectivity index (χ1n) is 20.5. The van der Waals surface area contributed by atoms with E-state index in [4.69, 9.17) is 110 Å². The third kappa shape index (κ3) is 14.3. The topological polar surface area (TPSA) is 77.6 Å². The zero-order valence-electron chi connectivity index (χ0n) is 36.6. The number of hydrogen-bond acceptors (Lipinski definition) is 7. The normalized spacial score (nSPS) is 12.4. The molecule has 6 rings (SSSR count). The van der Waals surface area contributed by atoms with Crippen molar-refractivity contribution in [3.63, 3.8) is 0 Å². The molecule has 9 nitrogen and oxygen atoms in total. The van der Waals surface area contributed by atoms with Crippen LogP contribution in [0.4, 0.5) is 11.4 Å². The molecule has 0 saturated heterocycles. The predicted octanol–water partition coefficient (Wildman–Crippen LogP) is -4.30. The van der Waals surface area contributed by atoms with Crippen LogP contribution in [-0.2, 0) is 53.6 Å². The molecule has 0 atom stereocenters. The van der Waals surface area contributed by atoms with Crippen LogP contribution >= 0.6 is 23.5 Å². The van der Waals surface area contributed by atoms with E-state index in [0.29, 0.717) is 5.30 Å². The third-order valence-corrected chi connectivity index (χ3v) is 13.9. The molecule has 2 aliphatic heterocycles. The van der Waals surface area contributed by atoms with Crippen LogP contribution in [0, 0.1) is 0 Å². The third-order valence-electron chi connectivity index (χ3n) is 11.6. The van der Waals surface area contributed by atoms with Gasteiger partial charge in [-0.25, -0.2) is 9.97 Å². The van der Waals surface area contributed by atoms with E-state index in [0.717, 1.165) is 60.6 Å². The van der Waals surface area contributed by atoms with Gasteiger partial charge < -0.3 is 28.0 Å². The van der Waals surface area contributed by atoms with Gasteiger partial charge in [-0.1, -0.05) is 28.1 Å². The van der Waals surface area contributed by atoms with E-state index in [1.807, 2.05) is 54.0 Å². The fourth-order valence-corrected chi connectivity index (χ4v) is 9.92. The van der Waals surface area contributed by atoms with Crippen molar-refractivity contribution in [3.05, 3.63) is 88.4 Å². The highest BCUT2D eigenvalue weighted by Crippen LogP contribution is 2.46. The molecule has 4 heterocycles. The van der Waals surface area contributed by atoms with Crippen LogP contribution in [0.3, 0.4) is 0 Å². The van der Waals surface area contributed by atoms with Crippen molar-refractivity contribution in [1.29, 1.82) is 0 Å². The summed E-state index contributed by atoms with van der Waals surface area (Å²) < 4.78 is 27.8. The Balaban J connectivity index is 0.000000210. The van der Waals surface area contributed by atoms with E-state index < -0.39 is 77.8 Å². The predicted molar refractivity (Wildman–Crippen MR) is 296 cm³/mol. The van der Waals surface area contributed by atoms with Crippen molar-refractivity contribution >= 4 is 211 Å². The molecule has 0 N–H and O–H groups in total. The number of halogens is 1. The molecule has 0 amide bonds. The summed E-state index contributed by atoms with van der Waals surface area (Å²) in [5.41, 5.74) is 7.24. The zero-order valence-corrected chi connectivity index (χ0v) is 39.1. The monoisotopic (exact) mass is 876 g/mol. The number of benzene rings is 2. The van der Waals surface area contributed by atoms with Crippen LogP contribution in [0.2, 0.25) is 0 Å². The Morgan fingerprint density at radius 2 is 1.02 bits per heavy atom. The number of fused-ring (bicyclic) bond motifs is 2. The van der Waals surface area contributed by atoms with E-state index >= 15 is 0 Å². The molecule has 0 fully saturated rings. The first-order chi connectivity index (χ1) is 29.6. The van der Waals surface area contributed by atoms with Gasteiger partial charge in [-0.15, -0.1) is 0 Å². The average Bonchev–Trinajstić information content (AvgIpc) is 4.02. The van der Waals surface area contributed by atoms with Gasteiger partial charge in [0.15, 0.2) is 0 Å². The van der Waals surface area contributed by atoms with Gasteiger partial charge >= 0.3 is 7.60 Å². The van der Waals surface area contributed by atoms with Gasteiger partial charge in [-0.05, 0) is 48.2 Å². The summed E-state index contributed by atoms with van der Waals surface area (Å²) >= 11 is 3.54. The van der Waals surface area contributed by atoms with E-state index in [9.17, 15) is 4.57 Å². The van der Waals surface area contributed by atoms with Crippen LogP contribution in [0.1, 0.15) is 22.5 Å². The lowest BCUT2D eigenvalue weighted by Crippen LogP contribution is -2.84. The van der Waals surface area contributed by atoms with Crippen LogP contribution in [0.5, 0.6) is 0 Å². The number of nitrogens with zero attached hydrogens (tertiary/aromatic N) is 6. The van der Waals surface area contributed by atoms with Crippen molar-refractivity contribution in [1.82, 2.24) is 19.1 Å². The highest BCUT2D eigenvalue weighted by molar-refractivity contribution is 9.10. The molecule has 2 aromatic carbocycles. The summed E-state index contributed by atoms with van der Waals surface area (Å²) in [4.78, 5) is 13.4. The Labute approximate surface area is 406 Å². The highest BCUT2D eigenvalue weighted by atomic mass is 79.9. The molecule has 0 spiro atoms. The van der Waals surface area contributed by atoms with Gasteiger partial charge in [0.25, 0.3) is 0 Å². The molecular formula is C28H34B24BrN6O3P. The Kier molecular flexibility index (Phi) is 21.2. The molecule has 0 aliphatic carbocycles. The largest absolute Gasteiger partial charge is 0.365 e. The van der Waals surface area contributed by atoms with E-state index in [2.05, 4.69) is 60.1 Å². The van der Waals surface area contributed by atoms with Crippen LogP contribution in [0.25, 0.3) is 0 Å². The van der Waals surface area contributed by atoms with Crippen molar-refractivity contribution in [2.75, 3.05) is 37.1 Å². The number of hydrogen-bond donors (Lipinski definition) is 0. The fourth-order valence-electron chi connectivity index (χ4n) is 8.46. The average molecular weight is 873 g/mol. The van der Waals surface area contributed by atoms with Gasteiger partial charge in [0.05, 0.1) is 42.4 Å². The van der Waals surface area contributed by atoms with Gasteiger partial charge in [-0.2, -0.15) is 0 Å². The molecular weight excluding hydrogens is 839 g/mol. The maximum absolute atomic E-state index is 12.5. The Morgan fingerprint density at radius 3 is 1.38 bits per heavy atom. The highest BCUT2D eigenvalue weighted by Gasteiger charge is 2.48. The maximum Gasteiger partial charge on any atom is 0.360 e. The molecule has 4 aromatic rings. The van der Waals surface area contributed by atoms with E-state index in [1.54, 1.807) is 6.33 Å². The second kappa shape index (κ2) is 24.6. The Morgan fingerprint density at radius 1 is 0.603 bits per heavy atom. The van der Waals surface area contributed by atoms with Crippen LogP contribution in [0.15, 0.2) is 65.9 Å². The van der Waals surface area contributed by atoms with Crippen molar-refractivity contribution in [2.24, 2.45) is 14.1 Å². The summed E-state index contributed by atoms with van der Waals surface area (Å²) in [5, 5.41) is 0.587. The Hall–Kier alpha value is -1.35. The first-order valence-corrected chi connectivity index (χ1v) is 22.8. The van der Waals surface area contributed by atoms with E-state index in [1.165, 1.54) is 31.0 Å². The standard InChI is InChI=1S/C15H20N3O3P.C13H14BrN3.B24/c1-17-9-13(16-11-17)10-18-7-6-12-4-5-14(8-15(12)18)22(19,20-2)21-3;1-16-7-12(15-9-16)8-17-5-4-10-2-3-11(14)6-13(10)17;1-14(2)20(13)23(19(11)12)24(21(15(3)4)16(5)6)22(17(7)8)18(9)10/h4-5,8-9,11H,6-7,10H2,1-3H3;2-3,6-7,9H,4-5,8H2,1H3;. The minimum absolute atomic E-state index is 0.587. The number of imidazole rings is 2. The second-order valence-corrected chi connectivity index (χ2v) is 19.4. The molecule has 26 radical (unpaired) electrons. The van der Waals surface area contributed by atoms with Gasteiger partial charge in [0.1, 0.15) is 0 Å². The van der Waals surface area contributed by atoms with Crippen LogP contribution < -0.4 is 15.1 Å². The zero-order chi connectivity index (χ0) is 46.9. The van der Waals surface area contributed by atoms with E-state index in [-0.39, 0.29) is 0 Å². The fraction of sp³-hybridized carbons (Fsp3) is 0.357. The molecule has 278 valence electrons. The number of aromatic nitrogens is 4. The summed E-state index contributed by atoms with van der Waals surface area (Å²) in [7, 11) is 79.8. The summed E-state index contributed by atoms with van der Waals surface area (Å²) in [6.45, 7) is 3.65. The molecule has 2 aliphatic rings. The number of aryl methyl sites for hydroxylation is 2. The molecule has 2 aromatic heterocycles. The minimum Gasteiger partial charge on any atom is -0.365 e. The number of anilines is 2. The number of rotatable bonds is 17. The lowest BCUT2D eigenvalue weighted by Gasteiger charge is -2.46. The SMILES string of the molecule is COP(=O)(OC)c1ccc2c(c1)N(Cc1cn(C)cn1)CC2.Cn1cnc(CN2CCc3ccc(Br)cc32)c1.[B]B([B])B([B])B(B([B])[B])B(B(B([B])[B])B([B])[B])B(B([B])[B])B([B])[B]. The quantitative estimate of drug-likeness (QED) is 0.0787. The molecule has 0 bridgehead atoms. The van der Waals surface area contributed by atoms with Crippen molar-refractivity contribution < 1.29 is 13.6 Å². The Bertz CT molecular complexity index is 2060. The molecule has 0 unspecified atom stereocenters. The summed E-state index contributed by atoms with van der Waals surface area (Å²) in [5.74, 6) is 0. The van der Waals surface area contributed by atoms with Gasteiger partial charge in [-0.3, -0.25) is 4.57 Å². The summed E-state index contributed by atoms with van der Waals surface area (Å²) in [6, 6.07) is 12.3. The first kappa shape index (κ1) is 54.3. The lowest BCUT2D eigenvalue weighted by atomic mass is 8.35.